The maximum absolute atomic E-state index is 13.5. The van der Waals surface area contributed by atoms with Crippen molar-refractivity contribution in [2.45, 2.75) is 39.5 Å². The van der Waals surface area contributed by atoms with Crippen molar-refractivity contribution in [1.29, 1.82) is 0 Å². The minimum atomic E-state index is -2.90. The van der Waals surface area contributed by atoms with Crippen molar-refractivity contribution < 1.29 is 18.4 Å². The largest absolute Gasteiger partial charge is 0.339 e. The molecule has 2 aromatic carbocycles. The van der Waals surface area contributed by atoms with Crippen LogP contribution in [0.3, 0.4) is 0 Å². The maximum Gasteiger partial charge on any atom is 0.270 e. The monoisotopic (exact) mass is 555 g/mol. The summed E-state index contributed by atoms with van der Waals surface area (Å²) in [6, 6.07) is 14.7. The molecule has 0 saturated carbocycles. The highest BCUT2D eigenvalue weighted by atomic mass is 32.1. The number of hydrogen-bond donors (Lipinski definition) is 2. The third kappa shape index (κ3) is 8.74. The van der Waals surface area contributed by atoms with E-state index in [9.17, 15) is 18.4 Å². The molecule has 0 aliphatic carbocycles. The molecule has 1 fully saturated rings. The Labute approximate surface area is 234 Å². The molecule has 39 heavy (non-hydrogen) atoms. The third-order valence-corrected chi connectivity index (χ3v) is 6.57. The second-order valence-electron chi connectivity index (χ2n) is 9.31. The molecule has 0 spiro atoms. The van der Waals surface area contributed by atoms with E-state index in [1.165, 1.54) is 31.9 Å². The van der Waals surface area contributed by atoms with E-state index in [1.54, 1.807) is 58.5 Å². The fourth-order valence-electron chi connectivity index (χ4n) is 3.90. The summed E-state index contributed by atoms with van der Waals surface area (Å²) >= 11 is 4.00. The topological polar surface area (TPSA) is 78.4 Å². The Kier molecular flexibility index (Phi) is 10.8. The second-order valence-corrected chi connectivity index (χ2v) is 9.76. The number of carbonyl (C=O) groups is 2. The fourth-order valence-corrected chi connectivity index (χ4v) is 4.22. The van der Waals surface area contributed by atoms with Crippen molar-refractivity contribution in [3.8, 4) is 11.3 Å². The van der Waals surface area contributed by atoms with Gasteiger partial charge in [-0.25, -0.2) is 18.7 Å². The molecule has 4 rings (SSSR count). The molecule has 1 aliphatic heterocycles. The summed E-state index contributed by atoms with van der Waals surface area (Å²) in [6.45, 7) is 6.66. The first-order valence-electron chi connectivity index (χ1n) is 13.0. The van der Waals surface area contributed by atoms with E-state index >= 15 is 0 Å². The lowest BCUT2D eigenvalue weighted by molar-refractivity contribution is -0.130. The Hall–Kier alpha value is -3.53. The van der Waals surface area contributed by atoms with Crippen LogP contribution in [0.2, 0.25) is 0 Å². The molecule has 0 radical (unpaired) electrons. The van der Waals surface area contributed by atoms with E-state index in [0.717, 1.165) is 12.7 Å². The van der Waals surface area contributed by atoms with Gasteiger partial charge in [0.25, 0.3) is 11.8 Å². The lowest BCUT2D eigenvalue weighted by Crippen LogP contribution is -2.50. The standard InChI is InChI=1S/C25H25F2N5O2.C4H10S/c1-17(33)31-13-15-32(16-14-31)23(34)19-5-9-21(10-6-19)29-24-28-12-11-22(30-24)18-3-7-20(8-4-18)25(2,26)27;1-2-3-4-5/h3-12H,13-16H2,1-2H3,(H,28,29,30);5H,2-4H2,1H3. The van der Waals surface area contributed by atoms with Crippen LogP contribution in [0.25, 0.3) is 11.3 Å². The molecule has 0 bridgehead atoms. The Bertz CT molecular complexity index is 1220. The molecule has 10 heteroatoms. The predicted molar refractivity (Wildman–Crippen MR) is 154 cm³/mol. The lowest BCUT2D eigenvalue weighted by Gasteiger charge is -2.34. The number of thiol groups is 1. The number of piperazine rings is 1. The van der Waals surface area contributed by atoms with Crippen LogP contribution in [0, 0.1) is 0 Å². The van der Waals surface area contributed by atoms with Crippen LogP contribution in [0.4, 0.5) is 20.4 Å². The highest BCUT2D eigenvalue weighted by Gasteiger charge is 2.24. The van der Waals surface area contributed by atoms with E-state index in [2.05, 4.69) is 34.8 Å². The molecule has 3 aromatic rings. The van der Waals surface area contributed by atoms with Crippen LogP contribution in [0.1, 0.15) is 49.5 Å². The average Bonchev–Trinajstić information content (AvgIpc) is 2.94. The van der Waals surface area contributed by atoms with Crippen LogP contribution >= 0.6 is 12.6 Å². The number of halogens is 2. The predicted octanol–water partition coefficient (Wildman–Crippen LogP) is 6.02. The van der Waals surface area contributed by atoms with Crippen molar-refractivity contribution in [3.63, 3.8) is 0 Å². The van der Waals surface area contributed by atoms with Crippen LogP contribution in [-0.4, -0.2) is 63.5 Å². The number of rotatable bonds is 7. The fraction of sp³-hybridized carbons (Fsp3) is 0.379. The molecule has 1 aromatic heterocycles. The number of hydrogen-bond acceptors (Lipinski definition) is 6. The molecular formula is C29H35F2N5O2S. The highest BCUT2D eigenvalue weighted by molar-refractivity contribution is 7.80. The molecule has 1 N–H and O–H groups in total. The van der Waals surface area contributed by atoms with Gasteiger partial charge in [-0.05, 0) is 42.5 Å². The Morgan fingerprint density at radius 1 is 0.974 bits per heavy atom. The average molecular weight is 556 g/mol. The smallest absolute Gasteiger partial charge is 0.270 e. The Morgan fingerprint density at radius 2 is 1.59 bits per heavy atom. The first-order valence-corrected chi connectivity index (χ1v) is 13.6. The normalized spacial score (nSPS) is 13.4. The molecule has 0 unspecified atom stereocenters. The van der Waals surface area contributed by atoms with E-state index in [1.807, 2.05) is 0 Å². The summed E-state index contributed by atoms with van der Waals surface area (Å²) in [4.78, 5) is 36.4. The van der Waals surface area contributed by atoms with Crippen molar-refractivity contribution in [3.05, 3.63) is 71.9 Å². The van der Waals surface area contributed by atoms with Gasteiger partial charge in [0, 0.05) is 68.6 Å². The Balaban J connectivity index is 0.000000771. The zero-order valence-corrected chi connectivity index (χ0v) is 23.4. The van der Waals surface area contributed by atoms with Gasteiger partial charge in [0.1, 0.15) is 0 Å². The molecule has 1 aliphatic rings. The summed E-state index contributed by atoms with van der Waals surface area (Å²) < 4.78 is 26.9. The first-order chi connectivity index (χ1) is 18.6. The minimum Gasteiger partial charge on any atom is -0.339 e. The Morgan fingerprint density at radius 3 is 2.10 bits per heavy atom. The summed E-state index contributed by atoms with van der Waals surface area (Å²) in [7, 11) is 0. The van der Waals surface area contributed by atoms with Gasteiger partial charge in [0.05, 0.1) is 5.69 Å². The number of anilines is 2. The number of benzene rings is 2. The van der Waals surface area contributed by atoms with E-state index in [-0.39, 0.29) is 17.4 Å². The van der Waals surface area contributed by atoms with Crippen LogP contribution < -0.4 is 5.32 Å². The quantitative estimate of drug-likeness (QED) is 0.349. The molecule has 1 saturated heterocycles. The number of unbranched alkanes of at least 4 members (excludes halogenated alkanes) is 1. The highest BCUT2D eigenvalue weighted by Crippen LogP contribution is 2.29. The van der Waals surface area contributed by atoms with E-state index in [4.69, 9.17) is 0 Å². The number of aromatic nitrogens is 2. The van der Waals surface area contributed by atoms with Gasteiger partial charge < -0.3 is 15.1 Å². The second kappa shape index (κ2) is 14.0. The minimum absolute atomic E-state index is 0.0216. The van der Waals surface area contributed by atoms with Gasteiger partial charge in [-0.1, -0.05) is 37.6 Å². The summed E-state index contributed by atoms with van der Waals surface area (Å²) in [5.74, 6) is -1.56. The van der Waals surface area contributed by atoms with Crippen LogP contribution in [0.15, 0.2) is 60.8 Å². The summed E-state index contributed by atoms with van der Waals surface area (Å²) in [6.07, 6.45) is 4.11. The van der Waals surface area contributed by atoms with Crippen molar-refractivity contribution in [2.75, 3.05) is 37.2 Å². The zero-order valence-electron chi connectivity index (χ0n) is 22.5. The SMILES string of the molecule is CC(=O)N1CCN(C(=O)c2ccc(Nc3nccc(-c4ccc(C(C)(F)F)cc4)n3)cc2)CC1.CCCCS. The van der Waals surface area contributed by atoms with Gasteiger partial charge in [-0.2, -0.15) is 12.6 Å². The van der Waals surface area contributed by atoms with Gasteiger partial charge in [-0.3, -0.25) is 9.59 Å². The van der Waals surface area contributed by atoms with E-state index in [0.29, 0.717) is 54.6 Å². The van der Waals surface area contributed by atoms with E-state index < -0.39 is 5.92 Å². The zero-order chi connectivity index (χ0) is 28.4. The van der Waals surface area contributed by atoms with Gasteiger partial charge in [0.2, 0.25) is 11.9 Å². The van der Waals surface area contributed by atoms with Gasteiger partial charge >= 0.3 is 0 Å². The van der Waals surface area contributed by atoms with Gasteiger partial charge in [-0.15, -0.1) is 0 Å². The van der Waals surface area contributed by atoms with Crippen molar-refractivity contribution >= 4 is 36.1 Å². The van der Waals surface area contributed by atoms with Crippen LogP contribution in [-0.2, 0) is 10.7 Å². The summed E-state index contributed by atoms with van der Waals surface area (Å²) in [5, 5.41) is 3.10. The first kappa shape index (κ1) is 30.0. The molecule has 0 atom stereocenters. The number of carbonyl (C=O) groups excluding carboxylic acids is 2. The molecule has 208 valence electrons. The maximum atomic E-state index is 13.5. The number of alkyl halides is 2. The number of amides is 2. The van der Waals surface area contributed by atoms with Gasteiger partial charge in [0.15, 0.2) is 0 Å². The molecular weight excluding hydrogens is 520 g/mol. The molecule has 2 amide bonds. The summed E-state index contributed by atoms with van der Waals surface area (Å²) in [5.41, 5.74) is 2.50. The van der Waals surface area contributed by atoms with Crippen molar-refractivity contribution in [2.24, 2.45) is 0 Å². The molecule has 2 heterocycles. The van der Waals surface area contributed by atoms with Crippen LogP contribution in [0.5, 0.6) is 0 Å². The number of nitrogens with zero attached hydrogens (tertiary/aromatic N) is 4. The number of nitrogens with one attached hydrogen (secondary N) is 1. The third-order valence-electron chi connectivity index (χ3n) is 6.26. The molecule has 7 nitrogen and oxygen atoms in total. The lowest BCUT2D eigenvalue weighted by atomic mass is 10.1. The van der Waals surface area contributed by atoms with Crippen molar-refractivity contribution in [1.82, 2.24) is 19.8 Å².